The van der Waals surface area contributed by atoms with E-state index in [0.29, 0.717) is 102 Å². The second-order valence-electron chi connectivity index (χ2n) is 26.8. The monoisotopic (exact) mass is 1340 g/mol. The summed E-state index contributed by atoms with van der Waals surface area (Å²) >= 11 is 0. The quantitative estimate of drug-likeness (QED) is 0.0969. The number of aliphatic imine (C=N–C) groups is 3. The molecule has 0 spiro atoms. The molecule has 504 valence electrons. The molecule has 6 aliphatic heterocycles. The number of rotatable bonds is 13. The molecule has 7 aliphatic rings. The van der Waals surface area contributed by atoms with E-state index >= 15 is 0 Å². The van der Waals surface area contributed by atoms with Crippen molar-refractivity contribution in [3.05, 3.63) is 197 Å². The van der Waals surface area contributed by atoms with Crippen LogP contribution < -0.4 is 30.7 Å². The van der Waals surface area contributed by atoms with Gasteiger partial charge in [-0.1, -0.05) is 79.2 Å². The first-order chi connectivity index (χ1) is 46.5. The van der Waals surface area contributed by atoms with Gasteiger partial charge in [0.1, 0.15) is 34.1 Å². The highest BCUT2D eigenvalue weighted by atomic mass is 32.2. The van der Waals surface area contributed by atoms with Gasteiger partial charge >= 0.3 is 0 Å². The van der Waals surface area contributed by atoms with Crippen LogP contribution in [-0.4, -0.2) is 162 Å². The molecule has 16 rings (SSSR count). The van der Waals surface area contributed by atoms with Crippen LogP contribution in [0.15, 0.2) is 172 Å². The van der Waals surface area contributed by atoms with Crippen molar-refractivity contribution < 1.29 is 22.8 Å². The first-order valence-electron chi connectivity index (χ1n) is 32.3. The average Bonchev–Trinajstić information content (AvgIpc) is 1.58. The zero-order chi connectivity index (χ0) is 67.8. The molecule has 26 heteroatoms. The number of sulfone groups is 1. The average molecular weight is 1340 g/mol. The molecule has 98 heavy (non-hydrogen) atoms. The minimum atomic E-state index is -3.28. The molecule has 3 N–H and O–H groups in total. The van der Waals surface area contributed by atoms with Crippen LogP contribution in [0.25, 0.3) is 0 Å². The maximum Gasteiger partial charge on any atom is 0.267 e. The van der Waals surface area contributed by atoms with Crippen molar-refractivity contribution in [3.8, 4) is 0 Å². The Hall–Kier alpha value is -11.0. The molecule has 1 fully saturated rings. The van der Waals surface area contributed by atoms with E-state index in [0.717, 1.165) is 53.0 Å². The van der Waals surface area contributed by atoms with Crippen LogP contribution >= 0.6 is 0 Å². The summed E-state index contributed by atoms with van der Waals surface area (Å²) in [7, 11) is 2.03. The van der Waals surface area contributed by atoms with Gasteiger partial charge in [0.25, 0.3) is 17.7 Å². The number of guanidine groups is 3. The Bertz CT molecular complexity index is 4570. The molecule has 9 aromatic rings. The van der Waals surface area contributed by atoms with Gasteiger partial charge in [-0.25, -0.2) is 37.4 Å². The number of anilines is 9. The van der Waals surface area contributed by atoms with Crippen LogP contribution in [0.2, 0.25) is 0 Å². The highest BCUT2D eigenvalue weighted by Gasteiger charge is 2.51. The molecule has 5 aromatic heterocycles. The summed E-state index contributed by atoms with van der Waals surface area (Å²) in [5.41, 5.74) is 9.01. The van der Waals surface area contributed by atoms with E-state index in [4.69, 9.17) is 30.3 Å². The first-order valence-corrected chi connectivity index (χ1v) is 34.2. The number of fused-ring (bicyclic) bond motifs is 11. The number of nitrogens with one attached hydrogen (secondary N) is 3. The van der Waals surface area contributed by atoms with Crippen LogP contribution in [0.5, 0.6) is 0 Å². The lowest BCUT2D eigenvalue weighted by atomic mass is 10.1. The van der Waals surface area contributed by atoms with Crippen LogP contribution in [0.4, 0.5) is 52.0 Å². The van der Waals surface area contributed by atoms with Crippen molar-refractivity contribution in [1.82, 2.24) is 54.0 Å². The number of carbonyl (C=O) groups is 3. The van der Waals surface area contributed by atoms with Gasteiger partial charge in [0.2, 0.25) is 17.9 Å². The van der Waals surface area contributed by atoms with E-state index in [1.807, 2.05) is 142 Å². The molecule has 11 heterocycles. The number of nitrogens with zero attached hydrogens (tertiary/aromatic N) is 17. The molecule has 0 bridgehead atoms. The van der Waals surface area contributed by atoms with Gasteiger partial charge in [-0.3, -0.25) is 53.8 Å². The van der Waals surface area contributed by atoms with Gasteiger partial charge < -0.3 is 16.0 Å². The van der Waals surface area contributed by atoms with Crippen LogP contribution in [-0.2, 0) is 29.5 Å². The fourth-order valence-corrected chi connectivity index (χ4v) is 13.9. The number of benzene rings is 4. The van der Waals surface area contributed by atoms with Gasteiger partial charge in [-0.2, -0.15) is 15.3 Å². The number of aromatic nitrogens is 8. The Morgan fingerprint density at radius 2 is 0.949 bits per heavy atom. The van der Waals surface area contributed by atoms with Gasteiger partial charge in [0.05, 0.1) is 60.8 Å². The first kappa shape index (κ1) is 65.6. The summed E-state index contributed by atoms with van der Waals surface area (Å²) in [5.74, 6) is 5.48. The number of hydrogen-bond donors (Lipinski definition) is 3. The third-order valence-electron chi connectivity index (χ3n) is 18.1. The third-order valence-corrected chi connectivity index (χ3v) is 19.3. The molecule has 3 amide bonds. The molecular weight excluding hydrogens is 1260 g/mol. The predicted octanol–water partition coefficient (Wildman–Crippen LogP) is 10.7. The van der Waals surface area contributed by atoms with Crippen LogP contribution in [0.1, 0.15) is 113 Å². The normalized spacial score (nSPS) is 18.1. The number of aryl methyl sites for hydroxylation is 2. The fraction of sp³-hybridized carbons (Fsp3) is 0.319. The highest BCUT2D eigenvalue weighted by Crippen LogP contribution is 2.45. The molecule has 0 unspecified atom stereocenters. The maximum atomic E-state index is 13.6. The summed E-state index contributed by atoms with van der Waals surface area (Å²) < 4.78 is 29.2. The number of para-hydroxylation sites is 1. The van der Waals surface area contributed by atoms with Gasteiger partial charge in [0, 0.05) is 69.2 Å². The summed E-state index contributed by atoms with van der Waals surface area (Å²) in [6.45, 7) is 15.1. The summed E-state index contributed by atoms with van der Waals surface area (Å²) in [4.78, 5) is 74.5. The second-order valence-corrected chi connectivity index (χ2v) is 28.8. The largest absolute Gasteiger partial charge is 0.340 e. The maximum absolute atomic E-state index is 13.6. The Morgan fingerprint density at radius 1 is 0.500 bits per heavy atom. The molecule has 2 atom stereocenters. The molecule has 1 saturated carbocycles. The highest BCUT2D eigenvalue weighted by molar-refractivity contribution is 7.90. The van der Waals surface area contributed by atoms with Crippen molar-refractivity contribution in [1.29, 1.82) is 0 Å². The molecule has 4 aromatic carbocycles. The Labute approximate surface area is 570 Å². The van der Waals surface area contributed by atoms with Crippen LogP contribution in [0, 0.1) is 13.8 Å². The molecular formula is C72H80N20O5S. The number of hydrogen-bond acceptors (Lipinski definition) is 19. The lowest BCUT2D eigenvalue weighted by Gasteiger charge is -2.34. The van der Waals surface area contributed by atoms with Crippen molar-refractivity contribution in [2.24, 2.45) is 15.0 Å². The van der Waals surface area contributed by atoms with Crippen molar-refractivity contribution in [2.45, 2.75) is 116 Å². The molecule has 0 saturated heterocycles. The number of carbonyl (C=O) groups excluding carboxylic acids is 3. The SMILES string of the molecule is C.CN1C(=O)c2c(nn(Cc3ccc(S(C)(=O)=O)cc3)c2Nc2ccccc2)N2C1=N[C@@H]1CCC[C@@H]12.Cc1ccc(Nc2c3c(nn2Cc2cccnc2)N2CC(C)(C)N=C2N(C)C3=O)cc1.Cc1ccc(Nc2c3c(nn2Cc2ccncc2)N2CC(C)(C)N=C2N(C)C3=O)cc1. The Kier molecular flexibility index (Phi) is 17.1. The summed E-state index contributed by atoms with van der Waals surface area (Å²) in [6, 6.07) is 40.9. The third kappa shape index (κ3) is 12.5. The Balaban J connectivity index is 0.000000132. The van der Waals surface area contributed by atoms with E-state index in [1.165, 1.54) is 17.4 Å². The summed E-state index contributed by atoms with van der Waals surface area (Å²) in [6.07, 6.45) is 11.4. The zero-order valence-electron chi connectivity index (χ0n) is 55.8. The standard InChI is InChI=1S/C25H26N6O3S.2C23H25N7O.CH4/c1-29-24(32)21-22(26-17-7-4-3-5-8-17)30(15-16-11-13-18(14-12-16)35(2,33)34)28-23(21)31-20-10-6-9-19(20)27-25(29)31;1-15-5-7-17(8-6-15)25-19-18-20(27-30(19)13-16-9-11-24-12-10-16)29-14-23(2,3)26-22(29)28(4)21(18)31;1-15-7-9-17(10-8-15)25-19-18-20(27-30(19)13-16-6-5-11-24-12-16)29-14-23(2,3)26-22(29)28(4)21(18)31;/h3-5,7-8,11-14,19-20,26H,6,9-10,15H2,1-2H3;2*5-12,25H,13-14H2,1-4H3;1H4/t19-,20+;;;/m1.../s1. The molecule has 25 nitrogen and oxygen atoms in total. The molecule has 1 aliphatic carbocycles. The van der Waals surface area contributed by atoms with Crippen LogP contribution in [0.3, 0.4) is 0 Å². The fourth-order valence-electron chi connectivity index (χ4n) is 13.3. The Morgan fingerprint density at radius 3 is 1.43 bits per heavy atom. The van der Waals surface area contributed by atoms with Crippen molar-refractivity contribution in [2.75, 3.05) is 71.1 Å². The molecule has 0 radical (unpaired) electrons. The smallest absolute Gasteiger partial charge is 0.267 e. The van der Waals surface area contributed by atoms with E-state index in [9.17, 15) is 22.8 Å². The zero-order valence-corrected chi connectivity index (χ0v) is 56.6. The minimum absolute atomic E-state index is 0. The summed E-state index contributed by atoms with van der Waals surface area (Å²) in [5, 5.41) is 25.0. The van der Waals surface area contributed by atoms with Crippen molar-refractivity contribution >= 4 is 97.4 Å². The van der Waals surface area contributed by atoms with E-state index in [-0.39, 0.29) is 53.2 Å². The topological polar surface area (TPSA) is 257 Å². The van der Waals surface area contributed by atoms with Gasteiger partial charge in [-0.05, 0) is 144 Å². The van der Waals surface area contributed by atoms with E-state index in [1.54, 1.807) is 83.4 Å². The number of pyridine rings is 2. The van der Waals surface area contributed by atoms with E-state index in [2.05, 4.69) is 58.5 Å². The van der Waals surface area contributed by atoms with Gasteiger partial charge in [-0.15, -0.1) is 0 Å². The van der Waals surface area contributed by atoms with Gasteiger partial charge in [0.15, 0.2) is 27.3 Å². The number of amides is 3. The van der Waals surface area contributed by atoms with Crippen molar-refractivity contribution in [3.63, 3.8) is 0 Å². The predicted molar refractivity (Wildman–Crippen MR) is 383 cm³/mol. The second kappa shape index (κ2) is 25.5. The van der Waals surface area contributed by atoms with E-state index < -0.39 is 9.84 Å². The lowest BCUT2D eigenvalue weighted by Crippen LogP contribution is -2.51. The lowest BCUT2D eigenvalue weighted by molar-refractivity contribution is 0.0858. The minimum Gasteiger partial charge on any atom is -0.340 e.